The summed E-state index contributed by atoms with van der Waals surface area (Å²) in [5, 5.41) is 8.97. The van der Waals surface area contributed by atoms with Gasteiger partial charge in [-0.25, -0.2) is 4.98 Å². The minimum Gasteiger partial charge on any atom is -0.395 e. The normalized spacial score (nSPS) is 14.4. The van der Waals surface area contributed by atoms with Crippen molar-refractivity contribution in [3.8, 4) is 6.07 Å². The minimum atomic E-state index is 0.518. The van der Waals surface area contributed by atoms with Gasteiger partial charge in [0.05, 0.1) is 11.3 Å². The highest BCUT2D eigenvalue weighted by Crippen LogP contribution is 2.33. The van der Waals surface area contributed by atoms with E-state index in [0.717, 1.165) is 31.2 Å². The molecule has 0 bridgehead atoms. The highest BCUT2D eigenvalue weighted by atomic mass is 15.2. The smallest absolute Gasteiger partial charge is 0.153 e. The molecule has 2 rings (SSSR count). The lowest BCUT2D eigenvalue weighted by Crippen LogP contribution is -2.28. The first-order chi connectivity index (χ1) is 8.26. The summed E-state index contributed by atoms with van der Waals surface area (Å²) in [6, 6.07) is 3.78. The summed E-state index contributed by atoms with van der Waals surface area (Å²) in [6.45, 7) is 4.10. The number of hydrogen-bond donors (Lipinski definition) is 1. The fraction of sp³-hybridized carbons (Fsp3) is 0.538. The Hall–Kier alpha value is -1.76. The van der Waals surface area contributed by atoms with Crippen LogP contribution in [0.4, 0.5) is 11.5 Å². The summed E-state index contributed by atoms with van der Waals surface area (Å²) in [6.07, 6.45) is 5.33. The number of pyridine rings is 1. The number of nitrogens with two attached hydrogens (primary N) is 1. The van der Waals surface area contributed by atoms with E-state index in [1.54, 1.807) is 12.3 Å². The number of aromatic nitrogens is 1. The fourth-order valence-corrected chi connectivity index (χ4v) is 1.98. The van der Waals surface area contributed by atoms with Gasteiger partial charge in [-0.3, -0.25) is 0 Å². The molecule has 0 saturated heterocycles. The van der Waals surface area contributed by atoms with Gasteiger partial charge in [0.25, 0.3) is 0 Å². The van der Waals surface area contributed by atoms with E-state index in [9.17, 15) is 0 Å². The Balaban J connectivity index is 2.24. The SMILES string of the molecule is CCCN(CC1CC1)c1nccc(C#N)c1N. The van der Waals surface area contributed by atoms with E-state index in [1.807, 2.05) is 0 Å². The van der Waals surface area contributed by atoms with Crippen LogP contribution >= 0.6 is 0 Å². The largest absolute Gasteiger partial charge is 0.395 e. The van der Waals surface area contributed by atoms with Crippen LogP contribution in [0.5, 0.6) is 0 Å². The van der Waals surface area contributed by atoms with Gasteiger partial charge in [-0.15, -0.1) is 0 Å². The molecule has 17 heavy (non-hydrogen) atoms. The minimum absolute atomic E-state index is 0.518. The van der Waals surface area contributed by atoms with E-state index in [4.69, 9.17) is 11.0 Å². The number of anilines is 2. The number of nitrogen functional groups attached to an aromatic ring is 1. The maximum absolute atomic E-state index is 8.97. The van der Waals surface area contributed by atoms with Crippen molar-refractivity contribution >= 4 is 11.5 Å². The topological polar surface area (TPSA) is 65.9 Å². The van der Waals surface area contributed by atoms with Crippen LogP contribution in [0.15, 0.2) is 12.3 Å². The molecule has 1 aliphatic carbocycles. The molecule has 0 atom stereocenters. The van der Waals surface area contributed by atoms with Gasteiger partial charge < -0.3 is 10.6 Å². The molecule has 0 aromatic carbocycles. The van der Waals surface area contributed by atoms with Gasteiger partial charge in [-0.2, -0.15) is 5.26 Å². The number of nitriles is 1. The lowest BCUT2D eigenvalue weighted by atomic mass is 10.2. The van der Waals surface area contributed by atoms with E-state index in [1.165, 1.54) is 12.8 Å². The Morgan fingerprint density at radius 2 is 2.35 bits per heavy atom. The van der Waals surface area contributed by atoms with Gasteiger partial charge in [0.1, 0.15) is 6.07 Å². The summed E-state index contributed by atoms with van der Waals surface area (Å²) in [7, 11) is 0. The summed E-state index contributed by atoms with van der Waals surface area (Å²) >= 11 is 0. The Bertz CT molecular complexity index is 432. The zero-order chi connectivity index (χ0) is 12.3. The molecule has 0 unspecified atom stereocenters. The Morgan fingerprint density at radius 1 is 1.59 bits per heavy atom. The molecule has 1 aliphatic rings. The second-order valence-electron chi connectivity index (χ2n) is 4.60. The van der Waals surface area contributed by atoms with Crippen molar-refractivity contribution in [3.63, 3.8) is 0 Å². The van der Waals surface area contributed by atoms with Crippen molar-refractivity contribution in [3.05, 3.63) is 17.8 Å². The maximum Gasteiger partial charge on any atom is 0.153 e. The highest BCUT2D eigenvalue weighted by molar-refractivity contribution is 5.70. The first kappa shape index (κ1) is 11.7. The van der Waals surface area contributed by atoms with Crippen LogP contribution in [-0.4, -0.2) is 18.1 Å². The molecule has 1 aromatic heterocycles. The van der Waals surface area contributed by atoms with E-state index in [0.29, 0.717) is 11.3 Å². The molecule has 0 amide bonds. The first-order valence-electron chi connectivity index (χ1n) is 6.15. The van der Waals surface area contributed by atoms with Gasteiger partial charge in [0.2, 0.25) is 0 Å². The van der Waals surface area contributed by atoms with E-state index in [-0.39, 0.29) is 0 Å². The quantitative estimate of drug-likeness (QED) is 0.841. The van der Waals surface area contributed by atoms with Crippen LogP contribution < -0.4 is 10.6 Å². The number of rotatable bonds is 5. The van der Waals surface area contributed by atoms with Crippen molar-refractivity contribution in [1.82, 2.24) is 4.98 Å². The second-order valence-corrected chi connectivity index (χ2v) is 4.60. The van der Waals surface area contributed by atoms with Crippen LogP contribution in [0.3, 0.4) is 0 Å². The standard InChI is InChI=1S/C13H18N4/c1-2-7-17(9-10-3-4-10)13-12(15)11(8-14)5-6-16-13/h5-6,10H,2-4,7,9,15H2,1H3. The van der Waals surface area contributed by atoms with Gasteiger partial charge in [-0.1, -0.05) is 6.92 Å². The molecule has 4 heteroatoms. The van der Waals surface area contributed by atoms with Crippen LogP contribution in [0, 0.1) is 17.2 Å². The first-order valence-corrected chi connectivity index (χ1v) is 6.15. The lowest BCUT2D eigenvalue weighted by Gasteiger charge is -2.24. The Morgan fingerprint density at radius 3 is 2.94 bits per heavy atom. The summed E-state index contributed by atoms with van der Waals surface area (Å²) in [5.41, 5.74) is 7.03. The fourth-order valence-electron chi connectivity index (χ4n) is 1.98. The van der Waals surface area contributed by atoms with Crippen molar-refractivity contribution in [2.24, 2.45) is 5.92 Å². The lowest BCUT2D eigenvalue weighted by molar-refractivity contribution is 0.700. The molecule has 2 N–H and O–H groups in total. The predicted molar refractivity (Wildman–Crippen MR) is 68.6 cm³/mol. The third-order valence-corrected chi connectivity index (χ3v) is 3.06. The monoisotopic (exact) mass is 230 g/mol. The third-order valence-electron chi connectivity index (χ3n) is 3.06. The molecule has 0 spiro atoms. The maximum atomic E-state index is 8.97. The summed E-state index contributed by atoms with van der Waals surface area (Å²) in [4.78, 5) is 6.55. The molecule has 0 aliphatic heterocycles. The summed E-state index contributed by atoms with van der Waals surface area (Å²) < 4.78 is 0. The zero-order valence-corrected chi connectivity index (χ0v) is 10.2. The molecule has 1 aromatic rings. The molecule has 0 radical (unpaired) electrons. The number of hydrogen-bond acceptors (Lipinski definition) is 4. The van der Waals surface area contributed by atoms with Crippen molar-refractivity contribution < 1.29 is 0 Å². The van der Waals surface area contributed by atoms with Crippen LogP contribution in [0.1, 0.15) is 31.7 Å². The van der Waals surface area contributed by atoms with E-state index < -0.39 is 0 Å². The molecule has 90 valence electrons. The Kier molecular flexibility index (Phi) is 3.48. The molecule has 4 nitrogen and oxygen atoms in total. The Labute approximate surface area is 102 Å². The van der Waals surface area contributed by atoms with Crippen LogP contribution in [0.2, 0.25) is 0 Å². The molecule has 1 fully saturated rings. The third kappa shape index (κ3) is 2.68. The van der Waals surface area contributed by atoms with E-state index in [2.05, 4.69) is 22.9 Å². The molecule has 1 saturated carbocycles. The van der Waals surface area contributed by atoms with Crippen molar-refractivity contribution in [1.29, 1.82) is 5.26 Å². The predicted octanol–water partition coefficient (Wildman–Crippen LogP) is 2.16. The zero-order valence-electron chi connectivity index (χ0n) is 10.2. The van der Waals surface area contributed by atoms with Crippen molar-refractivity contribution in [2.75, 3.05) is 23.7 Å². The second kappa shape index (κ2) is 5.05. The molecule has 1 heterocycles. The molecular weight excluding hydrogens is 212 g/mol. The van der Waals surface area contributed by atoms with Gasteiger partial charge >= 0.3 is 0 Å². The van der Waals surface area contributed by atoms with Gasteiger partial charge in [-0.05, 0) is 31.2 Å². The van der Waals surface area contributed by atoms with Gasteiger partial charge in [0.15, 0.2) is 5.82 Å². The van der Waals surface area contributed by atoms with E-state index >= 15 is 0 Å². The average Bonchev–Trinajstić information content (AvgIpc) is 3.13. The average molecular weight is 230 g/mol. The summed E-state index contributed by atoms with van der Waals surface area (Å²) in [5.74, 6) is 1.56. The van der Waals surface area contributed by atoms with Crippen LogP contribution in [-0.2, 0) is 0 Å². The highest BCUT2D eigenvalue weighted by Gasteiger charge is 2.25. The van der Waals surface area contributed by atoms with Crippen molar-refractivity contribution in [2.45, 2.75) is 26.2 Å². The van der Waals surface area contributed by atoms with Gasteiger partial charge in [0, 0.05) is 19.3 Å². The number of nitrogens with zero attached hydrogens (tertiary/aromatic N) is 3. The van der Waals surface area contributed by atoms with Crippen LogP contribution in [0.25, 0.3) is 0 Å². The molecular formula is C13H18N4.